The van der Waals surface area contributed by atoms with E-state index in [-0.39, 0.29) is 35.8 Å². The van der Waals surface area contributed by atoms with E-state index in [0.717, 1.165) is 16.6 Å². The van der Waals surface area contributed by atoms with Crippen LogP contribution >= 0.6 is 23.1 Å². The zero-order chi connectivity index (χ0) is 20.3. The molecule has 9 nitrogen and oxygen atoms in total. The summed E-state index contributed by atoms with van der Waals surface area (Å²) >= 11 is 2.63. The number of carbonyl (C=O) groups is 2. The molecular formula is C16H21N5O4S3. The van der Waals surface area contributed by atoms with E-state index in [1.807, 2.05) is 24.4 Å². The molecule has 0 spiro atoms. The summed E-state index contributed by atoms with van der Waals surface area (Å²) in [7, 11) is -3.07. The third-order valence-electron chi connectivity index (χ3n) is 4.41. The third-order valence-corrected chi connectivity index (χ3v) is 7.97. The number of nitrogens with two attached hydrogens (primary N) is 1. The van der Waals surface area contributed by atoms with Crippen molar-refractivity contribution in [3.63, 3.8) is 0 Å². The maximum Gasteiger partial charge on any atom is 0.237 e. The Morgan fingerprint density at radius 2 is 2.21 bits per heavy atom. The number of hydrogen-bond acceptors (Lipinski definition) is 8. The van der Waals surface area contributed by atoms with Gasteiger partial charge in [-0.1, -0.05) is 17.8 Å². The van der Waals surface area contributed by atoms with Gasteiger partial charge in [-0.2, -0.15) is 0 Å². The van der Waals surface area contributed by atoms with Crippen molar-refractivity contribution in [1.29, 1.82) is 0 Å². The minimum Gasteiger partial charge on any atom is -0.368 e. The summed E-state index contributed by atoms with van der Waals surface area (Å²) in [5.74, 6) is 0.0331. The van der Waals surface area contributed by atoms with Gasteiger partial charge in [0.15, 0.2) is 20.8 Å². The number of thiophene rings is 1. The average molecular weight is 444 g/mol. The van der Waals surface area contributed by atoms with E-state index >= 15 is 0 Å². The molecule has 3 heterocycles. The van der Waals surface area contributed by atoms with Crippen LogP contribution in [0.4, 0.5) is 0 Å². The van der Waals surface area contributed by atoms with Gasteiger partial charge in [0, 0.05) is 12.6 Å². The molecule has 1 saturated heterocycles. The summed E-state index contributed by atoms with van der Waals surface area (Å²) in [6, 6.07) is 3.45. The van der Waals surface area contributed by atoms with Gasteiger partial charge in [0.1, 0.15) is 6.54 Å². The van der Waals surface area contributed by atoms with Crippen LogP contribution in [0.3, 0.4) is 0 Å². The molecule has 2 aromatic rings. The zero-order valence-corrected chi connectivity index (χ0v) is 17.7. The third kappa shape index (κ3) is 4.73. The van der Waals surface area contributed by atoms with E-state index < -0.39 is 15.7 Å². The highest BCUT2D eigenvalue weighted by atomic mass is 32.2. The van der Waals surface area contributed by atoms with Crippen LogP contribution in [0.15, 0.2) is 22.7 Å². The molecule has 1 atom stereocenters. The SMILES string of the molecule is CCN(C(=O)CSc1nnc(-c2cccs2)n1CC(N)=O)C1CCS(=O)(=O)C1. The van der Waals surface area contributed by atoms with Crippen LogP contribution in [-0.4, -0.2) is 69.7 Å². The van der Waals surface area contributed by atoms with Crippen LogP contribution in [0.25, 0.3) is 10.7 Å². The predicted octanol–water partition coefficient (Wildman–Crippen LogP) is 0.620. The molecule has 3 rings (SSSR count). The Bertz CT molecular complexity index is 955. The predicted molar refractivity (Wildman–Crippen MR) is 108 cm³/mol. The van der Waals surface area contributed by atoms with Gasteiger partial charge in [-0.3, -0.25) is 14.2 Å². The first kappa shape index (κ1) is 20.8. The Balaban J connectivity index is 1.73. The number of rotatable bonds is 8. The van der Waals surface area contributed by atoms with Crippen molar-refractivity contribution >= 4 is 44.8 Å². The fourth-order valence-corrected chi connectivity index (χ4v) is 6.42. The first-order chi connectivity index (χ1) is 13.3. The van der Waals surface area contributed by atoms with Gasteiger partial charge in [-0.25, -0.2) is 8.42 Å². The molecule has 1 aliphatic heterocycles. The molecule has 1 unspecified atom stereocenters. The second-order valence-electron chi connectivity index (χ2n) is 6.36. The lowest BCUT2D eigenvalue weighted by atomic mass is 10.2. The lowest BCUT2D eigenvalue weighted by molar-refractivity contribution is -0.130. The van der Waals surface area contributed by atoms with E-state index in [9.17, 15) is 18.0 Å². The first-order valence-corrected chi connectivity index (χ1v) is 12.4. The lowest BCUT2D eigenvalue weighted by Gasteiger charge is -2.26. The molecule has 152 valence electrons. The van der Waals surface area contributed by atoms with Crippen LogP contribution in [-0.2, 0) is 26.0 Å². The van der Waals surface area contributed by atoms with E-state index in [1.165, 1.54) is 11.3 Å². The van der Waals surface area contributed by atoms with Crippen LogP contribution < -0.4 is 5.73 Å². The number of amides is 2. The Hall–Kier alpha value is -1.92. The molecule has 1 fully saturated rings. The molecule has 12 heteroatoms. The monoisotopic (exact) mass is 443 g/mol. The molecule has 28 heavy (non-hydrogen) atoms. The van der Waals surface area contributed by atoms with Crippen molar-refractivity contribution in [3.05, 3.63) is 17.5 Å². The maximum atomic E-state index is 12.7. The molecule has 0 saturated carbocycles. The quantitative estimate of drug-likeness (QED) is 0.592. The molecule has 0 bridgehead atoms. The minimum atomic E-state index is -3.07. The summed E-state index contributed by atoms with van der Waals surface area (Å²) in [5, 5.41) is 10.6. The molecule has 0 radical (unpaired) electrons. The molecule has 2 amide bonds. The maximum absolute atomic E-state index is 12.7. The number of thioether (sulfide) groups is 1. The van der Waals surface area contributed by atoms with Crippen LogP contribution in [0.5, 0.6) is 0 Å². The highest BCUT2D eigenvalue weighted by molar-refractivity contribution is 7.99. The minimum absolute atomic E-state index is 0.0115. The van der Waals surface area contributed by atoms with E-state index in [1.54, 1.807) is 9.47 Å². The topological polar surface area (TPSA) is 128 Å². The van der Waals surface area contributed by atoms with Crippen molar-refractivity contribution in [2.24, 2.45) is 5.73 Å². The van der Waals surface area contributed by atoms with E-state index in [2.05, 4.69) is 10.2 Å². The molecule has 1 aliphatic rings. The van der Waals surface area contributed by atoms with Crippen molar-refractivity contribution in [2.75, 3.05) is 23.8 Å². The van der Waals surface area contributed by atoms with Crippen molar-refractivity contribution in [1.82, 2.24) is 19.7 Å². The fraction of sp³-hybridized carbons (Fsp3) is 0.500. The molecule has 2 N–H and O–H groups in total. The van der Waals surface area contributed by atoms with Gasteiger partial charge in [-0.05, 0) is 24.8 Å². The van der Waals surface area contributed by atoms with Gasteiger partial charge >= 0.3 is 0 Å². The highest BCUT2D eigenvalue weighted by Crippen LogP contribution is 2.27. The largest absolute Gasteiger partial charge is 0.368 e. The van der Waals surface area contributed by atoms with Gasteiger partial charge < -0.3 is 10.6 Å². The Labute approximate surface area is 171 Å². The van der Waals surface area contributed by atoms with Gasteiger partial charge in [0.05, 0.1) is 22.1 Å². The number of carbonyl (C=O) groups excluding carboxylic acids is 2. The highest BCUT2D eigenvalue weighted by Gasteiger charge is 2.34. The molecular weight excluding hydrogens is 422 g/mol. The van der Waals surface area contributed by atoms with Crippen LogP contribution in [0, 0.1) is 0 Å². The van der Waals surface area contributed by atoms with Gasteiger partial charge in [-0.15, -0.1) is 21.5 Å². The summed E-state index contributed by atoms with van der Waals surface area (Å²) in [6.07, 6.45) is 0.465. The Kier molecular flexibility index (Phi) is 6.40. The molecule has 0 aliphatic carbocycles. The summed E-state index contributed by atoms with van der Waals surface area (Å²) in [4.78, 5) is 26.6. The smallest absolute Gasteiger partial charge is 0.237 e. The second-order valence-corrected chi connectivity index (χ2v) is 10.5. The van der Waals surface area contributed by atoms with Gasteiger partial charge in [0.2, 0.25) is 11.8 Å². The van der Waals surface area contributed by atoms with Crippen molar-refractivity contribution < 1.29 is 18.0 Å². The lowest BCUT2D eigenvalue weighted by Crippen LogP contribution is -2.42. The first-order valence-electron chi connectivity index (χ1n) is 8.68. The Morgan fingerprint density at radius 3 is 2.79 bits per heavy atom. The Morgan fingerprint density at radius 1 is 1.43 bits per heavy atom. The number of primary amides is 1. The standard InChI is InChI=1S/C16H21N5O4S3/c1-2-20(11-5-7-28(24,25)10-11)14(23)9-27-16-19-18-15(12-4-3-6-26-12)21(16)8-13(17)22/h3-4,6,11H,2,5,7-10H2,1H3,(H2,17,22). The number of sulfone groups is 1. The normalized spacial score (nSPS) is 18.2. The number of nitrogens with zero attached hydrogens (tertiary/aromatic N) is 4. The van der Waals surface area contributed by atoms with E-state index in [0.29, 0.717) is 23.9 Å². The van der Waals surface area contributed by atoms with E-state index in [4.69, 9.17) is 5.73 Å². The van der Waals surface area contributed by atoms with Gasteiger partial charge in [0.25, 0.3) is 0 Å². The summed E-state index contributed by atoms with van der Waals surface area (Å²) < 4.78 is 25.0. The van der Waals surface area contributed by atoms with Crippen LogP contribution in [0.1, 0.15) is 13.3 Å². The zero-order valence-electron chi connectivity index (χ0n) is 15.3. The van der Waals surface area contributed by atoms with Crippen LogP contribution in [0.2, 0.25) is 0 Å². The molecule has 2 aromatic heterocycles. The molecule has 0 aromatic carbocycles. The number of hydrogen-bond donors (Lipinski definition) is 1. The summed E-state index contributed by atoms with van der Waals surface area (Å²) in [5.41, 5.74) is 5.36. The van der Waals surface area contributed by atoms with Crippen molar-refractivity contribution in [2.45, 2.75) is 31.1 Å². The average Bonchev–Trinajstić information content (AvgIpc) is 3.34. The number of aromatic nitrogens is 3. The van der Waals surface area contributed by atoms with Crippen molar-refractivity contribution in [3.8, 4) is 10.7 Å². The fourth-order valence-electron chi connectivity index (χ4n) is 3.15. The second kappa shape index (κ2) is 8.62. The summed E-state index contributed by atoms with van der Waals surface area (Å²) in [6.45, 7) is 2.18.